The molecule has 116 valence electrons. The molecule has 5 heteroatoms. The minimum absolute atomic E-state index is 0.358. The zero-order valence-corrected chi connectivity index (χ0v) is 13.5. The molecule has 0 amide bonds. The molecule has 1 aliphatic heterocycles. The molecule has 1 saturated heterocycles. The average Bonchev–Trinajstić information content (AvgIpc) is 2.93. The first-order chi connectivity index (χ1) is 10.6. The van der Waals surface area contributed by atoms with Crippen LogP contribution < -0.4 is 0 Å². The summed E-state index contributed by atoms with van der Waals surface area (Å²) in [5.41, 5.74) is 4.65. The Labute approximate surface area is 134 Å². The molecule has 1 aromatic heterocycles. The predicted molar refractivity (Wildman–Crippen MR) is 87.5 cm³/mol. The Balaban J connectivity index is 1.67. The second-order valence-corrected chi connectivity index (χ2v) is 6.80. The van der Waals surface area contributed by atoms with Gasteiger partial charge in [0, 0.05) is 18.0 Å². The minimum Gasteiger partial charge on any atom is -0.478 e. The molecule has 0 radical (unpaired) electrons. The first kappa shape index (κ1) is 15.2. The van der Waals surface area contributed by atoms with Crippen molar-refractivity contribution in [2.75, 3.05) is 13.1 Å². The number of aryl methyl sites for hydroxylation is 1. The predicted octanol–water partition coefficient (Wildman–Crippen LogP) is 3.53. The van der Waals surface area contributed by atoms with E-state index >= 15 is 0 Å². The van der Waals surface area contributed by atoms with Crippen molar-refractivity contribution in [3.05, 3.63) is 51.5 Å². The van der Waals surface area contributed by atoms with Crippen LogP contribution in [0.4, 0.5) is 0 Å². The maximum Gasteiger partial charge on any atom is 0.335 e. The van der Waals surface area contributed by atoms with E-state index in [1.54, 1.807) is 23.5 Å². The Morgan fingerprint density at radius 2 is 2.18 bits per heavy atom. The Hall–Kier alpha value is -1.72. The summed E-state index contributed by atoms with van der Waals surface area (Å²) in [6.45, 7) is 5.20. The topological polar surface area (TPSA) is 53.4 Å². The highest BCUT2D eigenvalue weighted by atomic mass is 32.1. The normalized spacial score (nSPS) is 19.2. The lowest BCUT2D eigenvalue weighted by atomic mass is 9.90. The van der Waals surface area contributed by atoms with E-state index in [9.17, 15) is 4.79 Å². The summed E-state index contributed by atoms with van der Waals surface area (Å²) < 4.78 is 0. The van der Waals surface area contributed by atoms with Gasteiger partial charge in [-0.05, 0) is 49.9 Å². The summed E-state index contributed by atoms with van der Waals surface area (Å²) in [7, 11) is 0. The van der Waals surface area contributed by atoms with Gasteiger partial charge in [0.05, 0.1) is 16.8 Å². The number of benzene rings is 1. The lowest BCUT2D eigenvalue weighted by molar-refractivity contribution is 0.0697. The first-order valence-corrected chi connectivity index (χ1v) is 8.46. The zero-order chi connectivity index (χ0) is 15.5. The van der Waals surface area contributed by atoms with Crippen molar-refractivity contribution in [3.8, 4) is 0 Å². The smallest absolute Gasteiger partial charge is 0.335 e. The fourth-order valence-electron chi connectivity index (χ4n) is 3.05. The van der Waals surface area contributed by atoms with E-state index in [0.29, 0.717) is 11.5 Å². The number of nitrogens with zero attached hydrogens (tertiary/aromatic N) is 2. The van der Waals surface area contributed by atoms with Crippen LogP contribution in [-0.4, -0.2) is 34.0 Å². The van der Waals surface area contributed by atoms with E-state index in [1.165, 1.54) is 23.3 Å². The van der Waals surface area contributed by atoms with Crippen molar-refractivity contribution in [1.29, 1.82) is 0 Å². The van der Waals surface area contributed by atoms with Crippen molar-refractivity contribution < 1.29 is 9.90 Å². The highest BCUT2D eigenvalue weighted by Gasteiger charge is 2.22. The third-order valence-corrected chi connectivity index (χ3v) is 5.27. The Bertz CT molecular complexity index is 651. The molecule has 1 aliphatic rings. The highest BCUT2D eigenvalue weighted by Crippen LogP contribution is 2.28. The van der Waals surface area contributed by atoms with Crippen molar-refractivity contribution in [1.82, 2.24) is 9.88 Å². The average molecular weight is 316 g/mol. The minimum atomic E-state index is -0.863. The molecular weight excluding hydrogens is 296 g/mol. The summed E-state index contributed by atoms with van der Waals surface area (Å²) in [6, 6.07) is 7.36. The van der Waals surface area contributed by atoms with Crippen LogP contribution in [0.15, 0.2) is 29.8 Å². The van der Waals surface area contributed by atoms with E-state index < -0.39 is 5.97 Å². The maximum atomic E-state index is 10.9. The van der Waals surface area contributed by atoms with Crippen LogP contribution in [0.5, 0.6) is 0 Å². The molecule has 0 bridgehead atoms. The number of carbonyl (C=O) groups is 1. The molecule has 0 unspecified atom stereocenters. The van der Waals surface area contributed by atoms with Crippen LogP contribution >= 0.6 is 11.3 Å². The van der Waals surface area contributed by atoms with Gasteiger partial charge in [-0.15, -0.1) is 11.3 Å². The second kappa shape index (κ2) is 6.58. The van der Waals surface area contributed by atoms with E-state index in [-0.39, 0.29) is 0 Å². The lowest BCUT2D eigenvalue weighted by Crippen LogP contribution is -2.33. The molecule has 2 heterocycles. The molecule has 0 spiro atoms. The summed E-state index contributed by atoms with van der Waals surface area (Å²) >= 11 is 1.73. The monoisotopic (exact) mass is 316 g/mol. The Morgan fingerprint density at radius 1 is 1.41 bits per heavy atom. The largest absolute Gasteiger partial charge is 0.478 e. The van der Waals surface area contributed by atoms with Gasteiger partial charge < -0.3 is 5.11 Å². The van der Waals surface area contributed by atoms with Gasteiger partial charge >= 0.3 is 5.97 Å². The highest BCUT2D eigenvalue weighted by molar-refractivity contribution is 7.09. The third-order valence-electron chi connectivity index (χ3n) is 4.35. The van der Waals surface area contributed by atoms with E-state index in [0.717, 1.165) is 25.3 Å². The van der Waals surface area contributed by atoms with Crippen LogP contribution in [-0.2, 0) is 6.54 Å². The molecule has 4 nitrogen and oxygen atoms in total. The number of piperidine rings is 1. The SMILES string of the molecule is Cc1ncsc1CN1CCC[C@@H](c2ccc(C(=O)O)cc2)C1. The fraction of sp³-hybridized carbons (Fsp3) is 0.412. The number of rotatable bonds is 4. The van der Waals surface area contributed by atoms with Gasteiger partial charge in [0.2, 0.25) is 0 Å². The van der Waals surface area contributed by atoms with Gasteiger partial charge in [0.25, 0.3) is 0 Å². The summed E-state index contributed by atoms with van der Waals surface area (Å²) in [5, 5.41) is 8.98. The molecule has 2 aromatic rings. The number of aromatic nitrogens is 1. The molecule has 3 rings (SSSR count). The molecule has 0 aliphatic carbocycles. The van der Waals surface area contributed by atoms with Crippen LogP contribution in [0, 0.1) is 6.92 Å². The Kier molecular flexibility index (Phi) is 4.55. The number of hydrogen-bond acceptors (Lipinski definition) is 4. The van der Waals surface area contributed by atoms with Crippen LogP contribution in [0.1, 0.15) is 45.3 Å². The first-order valence-electron chi connectivity index (χ1n) is 7.58. The van der Waals surface area contributed by atoms with Crippen molar-refractivity contribution in [3.63, 3.8) is 0 Å². The zero-order valence-electron chi connectivity index (χ0n) is 12.7. The van der Waals surface area contributed by atoms with Gasteiger partial charge in [0.15, 0.2) is 0 Å². The van der Waals surface area contributed by atoms with Crippen molar-refractivity contribution in [2.24, 2.45) is 0 Å². The number of carboxylic acid groups (broad SMARTS) is 1. The summed E-state index contributed by atoms with van der Waals surface area (Å²) in [5.74, 6) is -0.373. The molecule has 1 atom stereocenters. The lowest BCUT2D eigenvalue weighted by Gasteiger charge is -2.32. The molecular formula is C17H20N2O2S. The standard InChI is InChI=1S/C17H20N2O2S/c1-12-16(22-11-18-12)10-19-8-2-3-15(9-19)13-4-6-14(7-5-13)17(20)21/h4-7,11,15H,2-3,8-10H2,1H3,(H,20,21)/t15-/m1/s1. The van der Waals surface area contributed by atoms with Gasteiger partial charge in [-0.25, -0.2) is 9.78 Å². The van der Waals surface area contributed by atoms with E-state index in [1.807, 2.05) is 17.6 Å². The van der Waals surface area contributed by atoms with Crippen LogP contribution in [0.3, 0.4) is 0 Å². The maximum absolute atomic E-state index is 10.9. The second-order valence-electron chi connectivity index (χ2n) is 5.86. The van der Waals surface area contributed by atoms with Crippen LogP contribution in [0.2, 0.25) is 0 Å². The van der Waals surface area contributed by atoms with Gasteiger partial charge in [-0.2, -0.15) is 0 Å². The van der Waals surface area contributed by atoms with Crippen LogP contribution in [0.25, 0.3) is 0 Å². The third kappa shape index (κ3) is 3.36. The van der Waals surface area contributed by atoms with Gasteiger partial charge in [0.1, 0.15) is 0 Å². The number of aromatic carboxylic acids is 1. The molecule has 1 N–H and O–H groups in total. The van der Waals surface area contributed by atoms with Crippen molar-refractivity contribution in [2.45, 2.75) is 32.2 Å². The summed E-state index contributed by atoms with van der Waals surface area (Å²) in [4.78, 5) is 19.1. The van der Waals surface area contributed by atoms with Gasteiger partial charge in [-0.1, -0.05) is 12.1 Å². The van der Waals surface area contributed by atoms with Gasteiger partial charge in [-0.3, -0.25) is 4.90 Å². The van der Waals surface area contributed by atoms with E-state index in [2.05, 4.69) is 16.8 Å². The number of thiazole rings is 1. The number of likely N-dealkylation sites (tertiary alicyclic amines) is 1. The number of hydrogen-bond donors (Lipinski definition) is 1. The van der Waals surface area contributed by atoms with E-state index in [4.69, 9.17) is 5.11 Å². The molecule has 1 aromatic carbocycles. The molecule has 1 fully saturated rings. The Morgan fingerprint density at radius 3 is 2.82 bits per heavy atom. The quantitative estimate of drug-likeness (QED) is 0.937. The molecule has 22 heavy (non-hydrogen) atoms. The number of carboxylic acids is 1. The fourth-order valence-corrected chi connectivity index (χ4v) is 3.87. The molecule has 0 saturated carbocycles. The van der Waals surface area contributed by atoms with Crippen molar-refractivity contribution >= 4 is 17.3 Å². The summed E-state index contributed by atoms with van der Waals surface area (Å²) in [6.07, 6.45) is 2.35.